The summed E-state index contributed by atoms with van der Waals surface area (Å²) in [4.78, 5) is 0. The molecule has 12 rings (SSSR count). The molecule has 0 nitrogen and oxygen atoms in total. The van der Waals surface area contributed by atoms with Crippen LogP contribution in [-0.4, -0.2) is 0 Å². The Labute approximate surface area is 359 Å². The van der Waals surface area contributed by atoms with Crippen LogP contribution in [0.2, 0.25) is 0 Å². The Balaban J connectivity index is 0.795. The molecule has 0 atom stereocenters. The van der Waals surface area contributed by atoms with Crippen LogP contribution in [0.5, 0.6) is 0 Å². The first-order valence-corrected chi connectivity index (χ1v) is 22.1. The van der Waals surface area contributed by atoms with Crippen molar-refractivity contribution in [1.82, 2.24) is 0 Å². The molecule has 0 aromatic heterocycles. The smallest absolute Gasteiger partial charge is 0.0159 e. The summed E-state index contributed by atoms with van der Waals surface area (Å²) in [7, 11) is 0. The van der Waals surface area contributed by atoms with Crippen molar-refractivity contribution >= 4 is 43.1 Å². The number of benzene rings is 10. The Morgan fingerprint density at radius 2 is 0.639 bits per heavy atom. The molecule has 0 radical (unpaired) electrons. The van der Waals surface area contributed by atoms with Crippen molar-refractivity contribution in [2.24, 2.45) is 0 Å². The Bertz CT molecular complexity index is 3220. The normalized spacial score (nSPS) is 14.4. The highest BCUT2D eigenvalue weighted by molar-refractivity contribution is 6.15. The first-order chi connectivity index (χ1) is 29.7. The van der Waals surface area contributed by atoms with Crippen LogP contribution < -0.4 is 0 Å². The van der Waals surface area contributed by atoms with Gasteiger partial charge in [0.05, 0.1) is 0 Å². The highest BCUT2D eigenvalue weighted by atomic mass is 14.4. The lowest BCUT2D eigenvalue weighted by Gasteiger charge is -2.23. The van der Waals surface area contributed by atoms with Gasteiger partial charge >= 0.3 is 0 Å². The molecule has 2 aliphatic carbocycles. The predicted molar refractivity (Wildman–Crippen MR) is 261 cm³/mol. The van der Waals surface area contributed by atoms with E-state index in [1.807, 2.05) is 0 Å². The van der Waals surface area contributed by atoms with Crippen molar-refractivity contribution in [2.45, 2.75) is 57.8 Å². The van der Waals surface area contributed by atoms with Gasteiger partial charge < -0.3 is 0 Å². The molecule has 292 valence electrons. The Hall–Kier alpha value is -6.76. The van der Waals surface area contributed by atoms with Crippen LogP contribution in [-0.2, 0) is 23.7 Å². The van der Waals surface area contributed by atoms with Crippen LogP contribution in [0.15, 0.2) is 182 Å². The Kier molecular flexibility index (Phi) is 7.92. The second-order valence-electron chi connectivity index (χ2n) is 18.8. The van der Waals surface area contributed by atoms with Crippen molar-refractivity contribution in [1.29, 1.82) is 0 Å². The summed E-state index contributed by atoms with van der Waals surface area (Å²) in [6.07, 6.45) is 3.26. The van der Waals surface area contributed by atoms with Crippen LogP contribution in [0.1, 0.15) is 67.5 Å². The molecule has 0 bridgehead atoms. The molecular weight excluding hydrogens is 733 g/mol. The third kappa shape index (κ3) is 5.51. The molecule has 2 aliphatic rings. The van der Waals surface area contributed by atoms with E-state index in [0.717, 1.165) is 19.3 Å². The second-order valence-corrected chi connectivity index (χ2v) is 18.8. The maximum Gasteiger partial charge on any atom is 0.0159 e. The minimum atomic E-state index is -0.0782. The van der Waals surface area contributed by atoms with E-state index in [-0.39, 0.29) is 10.8 Å². The quantitative estimate of drug-likeness (QED) is 0.147. The Morgan fingerprint density at radius 1 is 0.295 bits per heavy atom. The fraction of sp³-hybridized carbons (Fsp3) is 0.148. The summed E-state index contributed by atoms with van der Waals surface area (Å²) >= 11 is 0. The van der Waals surface area contributed by atoms with E-state index in [9.17, 15) is 0 Å². The minimum absolute atomic E-state index is 0.0782. The van der Waals surface area contributed by atoms with Gasteiger partial charge in [0.25, 0.3) is 0 Å². The monoisotopic (exact) mass is 780 g/mol. The van der Waals surface area contributed by atoms with Gasteiger partial charge in [-0.2, -0.15) is 0 Å². The molecule has 61 heavy (non-hydrogen) atoms. The molecule has 0 aliphatic heterocycles. The summed E-state index contributed by atoms with van der Waals surface area (Å²) in [6, 6.07) is 69.1. The van der Waals surface area contributed by atoms with Gasteiger partial charge in [-0.05, 0) is 165 Å². The molecular formula is C61H48. The average molecular weight is 781 g/mol. The molecule has 0 unspecified atom stereocenters. The van der Waals surface area contributed by atoms with Crippen molar-refractivity contribution in [2.75, 3.05) is 0 Å². The van der Waals surface area contributed by atoms with Crippen LogP contribution >= 0.6 is 0 Å². The van der Waals surface area contributed by atoms with E-state index < -0.39 is 0 Å². The van der Waals surface area contributed by atoms with Gasteiger partial charge in [-0.1, -0.05) is 185 Å². The van der Waals surface area contributed by atoms with Crippen LogP contribution in [0.4, 0.5) is 0 Å². The fourth-order valence-electron chi connectivity index (χ4n) is 11.3. The molecule has 0 amide bonds. The van der Waals surface area contributed by atoms with E-state index in [4.69, 9.17) is 0 Å². The highest BCUT2D eigenvalue weighted by Gasteiger charge is 2.37. The molecule has 0 fully saturated rings. The fourth-order valence-corrected chi connectivity index (χ4v) is 11.3. The van der Waals surface area contributed by atoms with Crippen molar-refractivity contribution in [3.63, 3.8) is 0 Å². The lowest BCUT2D eigenvalue weighted by atomic mass is 9.80. The molecule has 10 aromatic rings. The van der Waals surface area contributed by atoms with Crippen molar-refractivity contribution in [3.05, 3.63) is 215 Å². The molecule has 0 heterocycles. The van der Waals surface area contributed by atoms with E-state index in [0.29, 0.717) is 0 Å². The summed E-state index contributed by atoms with van der Waals surface area (Å²) in [5.41, 5.74) is 19.2. The third-order valence-electron chi connectivity index (χ3n) is 14.6. The van der Waals surface area contributed by atoms with E-state index in [1.54, 1.807) is 0 Å². The zero-order valence-electron chi connectivity index (χ0n) is 35.4. The number of rotatable bonds is 6. The molecule has 0 spiro atoms. The largest absolute Gasteiger partial charge is 0.0616 e. The van der Waals surface area contributed by atoms with E-state index in [2.05, 4.69) is 210 Å². The second kappa shape index (κ2) is 13.4. The highest BCUT2D eigenvalue weighted by Crippen LogP contribution is 2.52. The predicted octanol–water partition coefficient (Wildman–Crippen LogP) is 16.4. The SMILES string of the molecule is CC1(C)c2cc(CCCc3ccc4c(c3)C(C)(C)c3cc(-c5cc6ccccc6c6ccccc56)ccc3-4)ccc2-c2ccc(-c3cc4ccccc4c4ccccc34)cc21. The van der Waals surface area contributed by atoms with E-state index in [1.165, 1.54) is 121 Å². The zero-order valence-corrected chi connectivity index (χ0v) is 35.4. The molecule has 10 aromatic carbocycles. The molecule has 0 saturated heterocycles. The standard InChI is InChI=1S/C61H48/c1-60(2)56-32-38(24-28-50(56)52-30-26-42(36-58(52)60)54-34-40-16-5-7-18-44(40)46-20-9-11-22-48(46)54)14-13-15-39-25-29-51-53-31-27-43(37-59(53)61(3,4)57(51)33-39)55-35-41-17-6-8-19-45(41)47-21-10-12-23-49(47)55/h5-12,16-37H,13-15H2,1-4H3. The van der Waals surface area contributed by atoms with Gasteiger partial charge in [-0.25, -0.2) is 0 Å². The first kappa shape index (κ1) is 36.1. The maximum absolute atomic E-state index is 2.51. The maximum atomic E-state index is 2.51. The van der Waals surface area contributed by atoms with Gasteiger partial charge in [0.15, 0.2) is 0 Å². The van der Waals surface area contributed by atoms with Crippen LogP contribution in [0.25, 0.3) is 87.6 Å². The summed E-state index contributed by atoms with van der Waals surface area (Å²) < 4.78 is 0. The Morgan fingerprint density at radius 3 is 1.07 bits per heavy atom. The third-order valence-corrected chi connectivity index (χ3v) is 14.6. The van der Waals surface area contributed by atoms with Gasteiger partial charge in [0.2, 0.25) is 0 Å². The average Bonchev–Trinajstić information content (AvgIpc) is 3.66. The zero-order chi connectivity index (χ0) is 41.0. The van der Waals surface area contributed by atoms with Crippen LogP contribution in [0, 0.1) is 0 Å². The number of aryl methyl sites for hydroxylation is 2. The molecule has 0 N–H and O–H groups in total. The lowest BCUT2D eigenvalue weighted by molar-refractivity contribution is 0.657. The number of hydrogen-bond donors (Lipinski definition) is 0. The summed E-state index contributed by atoms with van der Waals surface area (Å²) in [5.74, 6) is 0. The molecule has 0 heteroatoms. The van der Waals surface area contributed by atoms with Gasteiger partial charge in [-0.3, -0.25) is 0 Å². The van der Waals surface area contributed by atoms with Gasteiger partial charge in [-0.15, -0.1) is 0 Å². The summed E-state index contributed by atoms with van der Waals surface area (Å²) in [5, 5.41) is 10.5. The van der Waals surface area contributed by atoms with Crippen LogP contribution in [0.3, 0.4) is 0 Å². The van der Waals surface area contributed by atoms with Crippen molar-refractivity contribution in [3.8, 4) is 44.5 Å². The first-order valence-electron chi connectivity index (χ1n) is 22.1. The van der Waals surface area contributed by atoms with Gasteiger partial charge in [0.1, 0.15) is 0 Å². The molecule has 0 saturated carbocycles. The lowest BCUT2D eigenvalue weighted by Crippen LogP contribution is -2.15. The van der Waals surface area contributed by atoms with Gasteiger partial charge in [0, 0.05) is 10.8 Å². The topological polar surface area (TPSA) is 0 Å². The van der Waals surface area contributed by atoms with Crippen molar-refractivity contribution < 1.29 is 0 Å². The number of fused-ring (bicyclic) bond motifs is 12. The minimum Gasteiger partial charge on any atom is -0.0616 e. The number of hydrogen-bond acceptors (Lipinski definition) is 0. The van der Waals surface area contributed by atoms with E-state index >= 15 is 0 Å². The summed E-state index contributed by atoms with van der Waals surface area (Å²) in [6.45, 7) is 9.67.